The second-order valence-electron chi connectivity index (χ2n) is 3.52. The lowest BCUT2D eigenvalue weighted by Gasteiger charge is -2.05. The van der Waals surface area contributed by atoms with Crippen LogP contribution in [0.25, 0.3) is 0 Å². The smallest absolute Gasteiger partial charge is 0.261 e. The number of rotatable bonds is 7. The molecule has 1 rings (SSSR count). The maximum absolute atomic E-state index is 11.6. The molecule has 0 aliphatic rings. The zero-order valence-corrected chi connectivity index (χ0v) is 11.8. The zero-order valence-electron chi connectivity index (χ0n) is 10.1. The minimum absolute atomic E-state index is 0.103. The molecule has 1 aromatic rings. The third-order valence-electron chi connectivity index (χ3n) is 2.08. The van der Waals surface area contributed by atoms with Gasteiger partial charge < -0.3 is 15.4 Å². The van der Waals surface area contributed by atoms with Gasteiger partial charge in [0.05, 0.1) is 11.5 Å². The first-order valence-corrected chi connectivity index (χ1v) is 6.77. The lowest BCUT2D eigenvalue weighted by atomic mass is 10.3. The number of carbonyl (C=O) groups is 2. The van der Waals surface area contributed by atoms with Gasteiger partial charge in [0.1, 0.15) is 0 Å². The van der Waals surface area contributed by atoms with Crippen LogP contribution in [-0.4, -0.2) is 38.6 Å². The van der Waals surface area contributed by atoms with Gasteiger partial charge in [-0.2, -0.15) is 0 Å². The van der Waals surface area contributed by atoms with Crippen LogP contribution in [0.4, 0.5) is 0 Å². The van der Waals surface area contributed by atoms with Crippen LogP contribution in [0.5, 0.6) is 0 Å². The van der Waals surface area contributed by atoms with Crippen LogP contribution in [0.2, 0.25) is 0 Å². The maximum Gasteiger partial charge on any atom is 0.261 e. The number of carbonyl (C=O) groups excluding carboxylic acids is 2. The quantitative estimate of drug-likeness (QED) is 0.516. The molecule has 7 heteroatoms. The van der Waals surface area contributed by atoms with E-state index >= 15 is 0 Å². The monoisotopic (exact) mass is 288 g/mol. The van der Waals surface area contributed by atoms with Gasteiger partial charge in [-0.15, -0.1) is 24.0 Å². The Morgan fingerprint density at radius 2 is 2.17 bits per heavy atom. The van der Waals surface area contributed by atoms with Gasteiger partial charge >= 0.3 is 0 Å². The molecule has 0 aliphatic heterocycles. The lowest BCUT2D eigenvalue weighted by molar-refractivity contribution is -0.121. The van der Waals surface area contributed by atoms with E-state index in [2.05, 4.69) is 23.3 Å². The molecule has 0 atom stereocenters. The summed E-state index contributed by atoms with van der Waals surface area (Å²) >= 11 is 5.45. The van der Waals surface area contributed by atoms with E-state index in [0.29, 0.717) is 24.6 Å². The molecule has 100 valence electrons. The first kappa shape index (κ1) is 15.0. The zero-order chi connectivity index (χ0) is 13.4. The van der Waals surface area contributed by atoms with E-state index in [-0.39, 0.29) is 18.2 Å². The average molecular weight is 288 g/mol. The summed E-state index contributed by atoms with van der Waals surface area (Å²) in [4.78, 5) is 24.3. The van der Waals surface area contributed by atoms with Crippen molar-refractivity contribution >= 4 is 35.8 Å². The van der Waals surface area contributed by atoms with E-state index in [1.54, 1.807) is 18.6 Å². The summed E-state index contributed by atoms with van der Waals surface area (Å²) in [6.45, 7) is 1.28. The Bertz CT molecular complexity index is 407. The Labute approximate surface area is 115 Å². The summed E-state index contributed by atoms with van der Waals surface area (Å²) in [5, 5.41) is 7.14. The molecule has 1 heterocycles. The minimum atomic E-state index is -0.176. The Morgan fingerprint density at radius 3 is 2.78 bits per heavy atom. The number of methoxy groups -OCH3 is 1. The van der Waals surface area contributed by atoms with E-state index in [1.165, 1.54) is 11.3 Å². The van der Waals surface area contributed by atoms with Crippen molar-refractivity contribution in [2.75, 3.05) is 26.8 Å². The van der Waals surface area contributed by atoms with Gasteiger partial charge in [0, 0.05) is 36.9 Å². The molecule has 2 N–H and O–H groups in total. The van der Waals surface area contributed by atoms with Gasteiger partial charge in [-0.05, 0) is 6.07 Å². The molecule has 0 radical (unpaired) electrons. The molecule has 0 aromatic carbocycles. The van der Waals surface area contributed by atoms with Crippen LogP contribution in [0, 0.1) is 0 Å². The summed E-state index contributed by atoms with van der Waals surface area (Å²) in [6.07, 6.45) is 0.258. The van der Waals surface area contributed by atoms with E-state index in [0.717, 1.165) is 4.90 Å². The molecule has 1 aromatic heterocycles. The van der Waals surface area contributed by atoms with Gasteiger partial charge in [0.2, 0.25) is 5.91 Å². The van der Waals surface area contributed by atoms with Crippen LogP contribution < -0.4 is 10.6 Å². The highest BCUT2D eigenvalue weighted by molar-refractivity contribution is 7.80. The lowest BCUT2D eigenvalue weighted by Crippen LogP contribution is -2.31. The largest absolute Gasteiger partial charge is 0.383 e. The Balaban J connectivity index is 2.17. The highest BCUT2D eigenvalue weighted by Gasteiger charge is 2.08. The number of hydrogen-bond acceptors (Lipinski definition) is 5. The van der Waals surface area contributed by atoms with Crippen LogP contribution in [0.15, 0.2) is 16.3 Å². The number of amides is 2. The van der Waals surface area contributed by atoms with Crippen molar-refractivity contribution in [2.45, 2.75) is 11.3 Å². The van der Waals surface area contributed by atoms with Crippen molar-refractivity contribution < 1.29 is 14.3 Å². The third kappa shape index (κ3) is 5.52. The molecule has 0 fully saturated rings. The van der Waals surface area contributed by atoms with Crippen LogP contribution in [0.3, 0.4) is 0 Å². The fourth-order valence-electron chi connectivity index (χ4n) is 1.20. The maximum atomic E-state index is 11.6. The summed E-state index contributed by atoms with van der Waals surface area (Å²) in [7, 11) is 1.57. The minimum Gasteiger partial charge on any atom is -0.383 e. The highest BCUT2D eigenvalue weighted by Crippen LogP contribution is 2.17. The summed E-state index contributed by atoms with van der Waals surface area (Å²) in [5.74, 6) is -0.279. The van der Waals surface area contributed by atoms with Crippen molar-refractivity contribution in [3.63, 3.8) is 0 Å². The number of thiol groups is 1. The SMILES string of the molecule is COCCNC(=O)CCNC(=O)c1cc(S)cs1. The molecule has 0 spiro atoms. The van der Waals surface area contributed by atoms with Gasteiger partial charge in [0.15, 0.2) is 0 Å². The number of nitrogens with one attached hydrogen (secondary N) is 2. The Kier molecular flexibility index (Phi) is 6.77. The van der Waals surface area contributed by atoms with Crippen molar-refractivity contribution in [1.82, 2.24) is 10.6 Å². The first-order valence-electron chi connectivity index (χ1n) is 5.45. The molecule has 18 heavy (non-hydrogen) atoms. The summed E-state index contributed by atoms with van der Waals surface area (Å²) in [6, 6.07) is 1.70. The number of ether oxygens (including phenoxy) is 1. The van der Waals surface area contributed by atoms with Crippen molar-refractivity contribution in [1.29, 1.82) is 0 Å². The van der Waals surface area contributed by atoms with Gasteiger partial charge in [-0.3, -0.25) is 9.59 Å². The topological polar surface area (TPSA) is 67.4 Å². The normalized spacial score (nSPS) is 10.1. The van der Waals surface area contributed by atoms with Crippen LogP contribution in [-0.2, 0) is 9.53 Å². The predicted octanol–water partition coefficient (Wildman–Crippen LogP) is 0.919. The summed E-state index contributed by atoms with van der Waals surface area (Å²) in [5.41, 5.74) is 0. The summed E-state index contributed by atoms with van der Waals surface area (Å²) < 4.78 is 4.80. The van der Waals surface area contributed by atoms with Crippen molar-refractivity contribution in [3.05, 3.63) is 16.3 Å². The molecular weight excluding hydrogens is 272 g/mol. The Morgan fingerprint density at radius 1 is 1.39 bits per heavy atom. The van der Waals surface area contributed by atoms with Gasteiger partial charge in [-0.1, -0.05) is 0 Å². The Hall–Kier alpha value is -1.05. The van der Waals surface area contributed by atoms with E-state index in [1.807, 2.05) is 0 Å². The number of hydrogen-bond donors (Lipinski definition) is 3. The molecule has 0 saturated carbocycles. The van der Waals surface area contributed by atoms with E-state index < -0.39 is 0 Å². The molecule has 0 saturated heterocycles. The van der Waals surface area contributed by atoms with Gasteiger partial charge in [0.25, 0.3) is 5.91 Å². The molecule has 0 bridgehead atoms. The molecule has 0 aliphatic carbocycles. The molecule has 5 nitrogen and oxygen atoms in total. The van der Waals surface area contributed by atoms with Crippen molar-refractivity contribution in [3.8, 4) is 0 Å². The molecule has 0 unspecified atom stereocenters. The van der Waals surface area contributed by atoms with E-state index in [4.69, 9.17) is 4.74 Å². The van der Waals surface area contributed by atoms with Crippen LogP contribution in [0.1, 0.15) is 16.1 Å². The molecular formula is C11H16N2O3S2. The fraction of sp³-hybridized carbons (Fsp3) is 0.455. The van der Waals surface area contributed by atoms with Gasteiger partial charge in [-0.25, -0.2) is 0 Å². The van der Waals surface area contributed by atoms with E-state index in [9.17, 15) is 9.59 Å². The second-order valence-corrected chi connectivity index (χ2v) is 4.95. The predicted molar refractivity (Wildman–Crippen MR) is 73.4 cm³/mol. The first-order chi connectivity index (χ1) is 8.63. The van der Waals surface area contributed by atoms with Crippen molar-refractivity contribution in [2.24, 2.45) is 0 Å². The standard InChI is InChI=1S/C11H16N2O3S2/c1-16-5-4-12-10(14)2-3-13-11(15)9-6-8(17)7-18-9/h6-7,17H,2-5H2,1H3,(H,12,14)(H,13,15). The fourth-order valence-corrected chi connectivity index (χ4v) is 2.27. The average Bonchev–Trinajstić information content (AvgIpc) is 2.76. The third-order valence-corrected chi connectivity index (χ3v) is 3.44. The second kappa shape index (κ2) is 8.12. The highest BCUT2D eigenvalue weighted by atomic mass is 32.1. The molecule has 2 amide bonds. The number of thiophene rings is 1. The van der Waals surface area contributed by atoms with Crippen LogP contribution >= 0.6 is 24.0 Å².